The second-order valence-corrected chi connectivity index (χ2v) is 10.3. The highest BCUT2D eigenvalue weighted by molar-refractivity contribution is 5.89. The molecule has 4 aliphatic rings. The van der Waals surface area contributed by atoms with Gasteiger partial charge in [-0.05, 0) is 63.0 Å². The maximum Gasteiger partial charge on any atom is 0.319 e. The summed E-state index contributed by atoms with van der Waals surface area (Å²) < 4.78 is 6.13. The van der Waals surface area contributed by atoms with E-state index in [-0.39, 0.29) is 6.03 Å². The van der Waals surface area contributed by atoms with Crippen LogP contribution in [0.2, 0.25) is 0 Å². The van der Waals surface area contributed by atoms with Crippen LogP contribution < -0.4 is 15.4 Å². The molecular formula is C26H41N5O2. The second kappa shape index (κ2) is 11.1. The molecule has 33 heavy (non-hydrogen) atoms. The molecule has 0 aromatic heterocycles. The molecule has 2 N–H and O–H groups in total. The van der Waals surface area contributed by atoms with Gasteiger partial charge in [0, 0.05) is 69.9 Å². The summed E-state index contributed by atoms with van der Waals surface area (Å²) >= 11 is 0. The fourth-order valence-electron chi connectivity index (χ4n) is 5.63. The van der Waals surface area contributed by atoms with Gasteiger partial charge >= 0.3 is 6.03 Å². The van der Waals surface area contributed by atoms with Crippen LogP contribution >= 0.6 is 0 Å². The van der Waals surface area contributed by atoms with Gasteiger partial charge in [0.05, 0.1) is 0 Å². The van der Waals surface area contributed by atoms with E-state index in [0.29, 0.717) is 18.7 Å². The number of hydrogen-bond donors (Lipinski definition) is 2. The van der Waals surface area contributed by atoms with Gasteiger partial charge in [-0.1, -0.05) is 12.8 Å². The molecule has 2 aliphatic carbocycles. The summed E-state index contributed by atoms with van der Waals surface area (Å²) in [5.74, 6) is 0.893. The first-order chi connectivity index (χ1) is 16.2. The molecule has 0 radical (unpaired) electrons. The van der Waals surface area contributed by atoms with Gasteiger partial charge in [-0.25, -0.2) is 4.79 Å². The molecule has 2 saturated carbocycles. The van der Waals surface area contributed by atoms with Crippen molar-refractivity contribution in [2.75, 3.05) is 57.7 Å². The zero-order valence-electron chi connectivity index (χ0n) is 20.0. The first-order valence-electron chi connectivity index (χ1n) is 13.2. The molecule has 182 valence electrons. The van der Waals surface area contributed by atoms with Crippen LogP contribution in [0.25, 0.3) is 0 Å². The average molecular weight is 456 g/mol. The number of carbonyl (C=O) groups is 1. The van der Waals surface area contributed by atoms with Crippen molar-refractivity contribution in [3.05, 3.63) is 24.3 Å². The summed E-state index contributed by atoms with van der Waals surface area (Å²) in [6.45, 7) is 8.68. The van der Waals surface area contributed by atoms with E-state index in [4.69, 9.17) is 4.74 Å². The lowest BCUT2D eigenvalue weighted by molar-refractivity contribution is 0.00893. The Morgan fingerprint density at radius 2 is 1.55 bits per heavy atom. The number of nitrogens with one attached hydrogen (secondary N) is 2. The van der Waals surface area contributed by atoms with Crippen molar-refractivity contribution < 1.29 is 9.53 Å². The Morgan fingerprint density at radius 1 is 0.848 bits per heavy atom. The Bertz CT molecular complexity index is 748. The van der Waals surface area contributed by atoms with Crippen molar-refractivity contribution in [2.45, 2.75) is 69.6 Å². The Kier molecular flexibility index (Phi) is 7.69. The van der Waals surface area contributed by atoms with Crippen LogP contribution in [0.5, 0.6) is 5.75 Å². The van der Waals surface area contributed by atoms with Crippen LogP contribution in [0.3, 0.4) is 0 Å². The molecule has 7 nitrogen and oxygen atoms in total. The Labute approximate surface area is 198 Å². The molecule has 0 spiro atoms. The van der Waals surface area contributed by atoms with Gasteiger partial charge in [-0.3, -0.25) is 9.80 Å². The number of hydrogen-bond acceptors (Lipinski definition) is 5. The molecule has 2 amide bonds. The molecule has 0 atom stereocenters. The largest absolute Gasteiger partial charge is 0.490 e. The van der Waals surface area contributed by atoms with Crippen molar-refractivity contribution in [1.82, 2.24) is 20.0 Å². The number of carbonyl (C=O) groups excluding carboxylic acids is 1. The van der Waals surface area contributed by atoms with Crippen LogP contribution in [-0.4, -0.2) is 91.3 Å². The number of rotatable bonds is 8. The monoisotopic (exact) mass is 455 g/mol. The van der Waals surface area contributed by atoms with Crippen molar-refractivity contribution in [3.63, 3.8) is 0 Å². The van der Waals surface area contributed by atoms with E-state index >= 15 is 0 Å². The lowest BCUT2D eigenvalue weighted by Crippen LogP contribution is -2.53. The van der Waals surface area contributed by atoms with Gasteiger partial charge in [0.25, 0.3) is 0 Å². The highest BCUT2D eigenvalue weighted by atomic mass is 16.5. The van der Waals surface area contributed by atoms with E-state index in [1.54, 1.807) is 0 Å². The van der Waals surface area contributed by atoms with Crippen molar-refractivity contribution >= 4 is 11.7 Å². The number of likely N-dealkylation sites (tertiary alicyclic amines) is 1. The number of ether oxygens (including phenoxy) is 1. The van der Waals surface area contributed by atoms with Crippen LogP contribution in [0.4, 0.5) is 10.5 Å². The smallest absolute Gasteiger partial charge is 0.319 e. The molecule has 7 heteroatoms. The maximum absolute atomic E-state index is 12.3. The highest BCUT2D eigenvalue weighted by Crippen LogP contribution is 2.32. The second-order valence-electron chi connectivity index (χ2n) is 10.3. The zero-order chi connectivity index (χ0) is 22.5. The number of benzene rings is 1. The minimum atomic E-state index is -0.139. The topological polar surface area (TPSA) is 60.1 Å². The summed E-state index contributed by atoms with van der Waals surface area (Å²) in [5, 5.41) is 5.93. The molecule has 2 aliphatic heterocycles. The van der Waals surface area contributed by atoms with Crippen LogP contribution in [0, 0.1) is 0 Å². The van der Waals surface area contributed by atoms with Gasteiger partial charge in [0.2, 0.25) is 0 Å². The fraction of sp³-hybridized carbons (Fsp3) is 0.731. The number of anilines is 1. The lowest BCUT2D eigenvalue weighted by Gasteiger charge is -2.44. The van der Waals surface area contributed by atoms with Crippen molar-refractivity contribution in [2.24, 2.45) is 0 Å². The summed E-state index contributed by atoms with van der Waals surface area (Å²) in [4.78, 5) is 20.0. The molecule has 1 aromatic carbocycles. The number of nitrogens with zero attached hydrogens (tertiary/aromatic N) is 3. The van der Waals surface area contributed by atoms with Gasteiger partial charge < -0.3 is 20.3 Å². The van der Waals surface area contributed by atoms with Gasteiger partial charge in [0.15, 0.2) is 0 Å². The number of piperidine rings is 1. The van der Waals surface area contributed by atoms with Crippen molar-refractivity contribution in [1.29, 1.82) is 0 Å². The van der Waals surface area contributed by atoms with E-state index < -0.39 is 0 Å². The van der Waals surface area contributed by atoms with Crippen LogP contribution in [-0.2, 0) is 0 Å². The predicted molar refractivity (Wildman–Crippen MR) is 132 cm³/mol. The highest BCUT2D eigenvalue weighted by Gasteiger charge is 2.35. The molecule has 0 bridgehead atoms. The standard InChI is InChI=1S/C26H41N5O2/c32-26(27-11-14-29-15-17-31(18-16-29)22-5-4-6-22)28-21-7-9-24(10-8-21)33-25-19-23(20-25)30-12-2-1-3-13-30/h7-10,22-23,25H,1-6,11-20H2,(H2,27,28,32). The van der Waals surface area contributed by atoms with Gasteiger partial charge in [-0.15, -0.1) is 0 Å². The maximum atomic E-state index is 12.3. The van der Waals surface area contributed by atoms with E-state index in [9.17, 15) is 4.79 Å². The quantitative estimate of drug-likeness (QED) is 0.629. The zero-order valence-corrected chi connectivity index (χ0v) is 20.0. The third-order valence-electron chi connectivity index (χ3n) is 8.10. The van der Waals surface area contributed by atoms with E-state index in [0.717, 1.165) is 50.0 Å². The summed E-state index contributed by atoms with van der Waals surface area (Å²) in [6.07, 6.45) is 10.9. The van der Waals surface area contributed by atoms with Crippen LogP contribution in [0.15, 0.2) is 24.3 Å². The molecular weight excluding hydrogens is 414 g/mol. The van der Waals surface area contributed by atoms with E-state index in [1.165, 1.54) is 64.7 Å². The summed E-state index contributed by atoms with van der Waals surface area (Å²) in [7, 11) is 0. The van der Waals surface area contributed by atoms with Gasteiger partial charge in [0.1, 0.15) is 11.9 Å². The van der Waals surface area contributed by atoms with E-state index in [2.05, 4.69) is 25.3 Å². The molecule has 5 rings (SSSR count). The fourth-order valence-corrected chi connectivity index (χ4v) is 5.63. The molecule has 2 saturated heterocycles. The third kappa shape index (κ3) is 6.19. The van der Waals surface area contributed by atoms with Crippen LogP contribution in [0.1, 0.15) is 51.4 Å². The average Bonchev–Trinajstić information content (AvgIpc) is 2.78. The summed E-state index contributed by atoms with van der Waals surface area (Å²) in [6, 6.07) is 9.20. The molecule has 4 fully saturated rings. The Balaban J connectivity index is 0.950. The number of urea groups is 1. The SMILES string of the molecule is O=C(NCCN1CCN(C2CCC2)CC1)Nc1ccc(OC2CC(N3CCCCC3)C2)cc1. The number of piperazine rings is 1. The van der Waals surface area contributed by atoms with E-state index in [1.807, 2.05) is 24.3 Å². The number of amides is 2. The minimum Gasteiger partial charge on any atom is -0.490 e. The first-order valence-corrected chi connectivity index (χ1v) is 13.2. The molecule has 1 aromatic rings. The Hall–Kier alpha value is -1.83. The minimum absolute atomic E-state index is 0.139. The molecule has 2 heterocycles. The summed E-state index contributed by atoms with van der Waals surface area (Å²) in [5.41, 5.74) is 0.800. The lowest BCUT2D eigenvalue weighted by atomic mass is 9.86. The normalized spacial score (nSPS) is 27.4. The predicted octanol–water partition coefficient (Wildman–Crippen LogP) is 3.37. The van der Waals surface area contributed by atoms with Crippen molar-refractivity contribution in [3.8, 4) is 5.75 Å². The first kappa shape index (κ1) is 22.9. The Morgan fingerprint density at radius 3 is 2.21 bits per heavy atom. The third-order valence-corrected chi connectivity index (χ3v) is 8.10. The van der Waals surface area contributed by atoms with Gasteiger partial charge in [-0.2, -0.15) is 0 Å². The molecule has 0 unspecified atom stereocenters.